The Morgan fingerprint density at radius 2 is 1.83 bits per heavy atom. The fraction of sp³-hybridized carbons (Fsp3) is 0.154. The molecular formula is C13H12BrNO2S. The van der Waals surface area contributed by atoms with Crippen LogP contribution in [0.3, 0.4) is 0 Å². The molecule has 0 spiro atoms. The van der Waals surface area contributed by atoms with E-state index in [0.717, 1.165) is 11.1 Å². The number of halogens is 1. The van der Waals surface area contributed by atoms with E-state index in [1.807, 2.05) is 13.0 Å². The third-order valence-electron chi connectivity index (χ3n) is 2.63. The average molecular weight is 326 g/mol. The number of rotatable bonds is 2. The predicted molar refractivity (Wildman–Crippen MR) is 73.3 cm³/mol. The highest BCUT2D eigenvalue weighted by Crippen LogP contribution is 2.25. The minimum Gasteiger partial charge on any atom is -0.249 e. The van der Waals surface area contributed by atoms with Crippen molar-refractivity contribution in [2.75, 3.05) is 0 Å². The Labute approximate surface area is 115 Å². The molecule has 0 N–H and O–H groups in total. The summed E-state index contributed by atoms with van der Waals surface area (Å²) in [4.78, 5) is 4.52. The lowest BCUT2D eigenvalue weighted by atomic mass is 10.2. The van der Waals surface area contributed by atoms with Gasteiger partial charge in [0.25, 0.3) is 0 Å². The van der Waals surface area contributed by atoms with Crippen LogP contribution in [0.2, 0.25) is 0 Å². The molecule has 3 nitrogen and oxygen atoms in total. The van der Waals surface area contributed by atoms with Crippen LogP contribution in [-0.2, 0) is 9.84 Å². The number of aryl methyl sites for hydroxylation is 2. The third-order valence-corrected chi connectivity index (χ3v) is 4.97. The molecular weight excluding hydrogens is 314 g/mol. The second kappa shape index (κ2) is 4.82. The van der Waals surface area contributed by atoms with Crippen LogP contribution in [0.15, 0.2) is 50.9 Å². The van der Waals surface area contributed by atoms with Crippen molar-refractivity contribution in [2.24, 2.45) is 0 Å². The fourth-order valence-electron chi connectivity index (χ4n) is 1.78. The van der Waals surface area contributed by atoms with E-state index in [4.69, 9.17) is 0 Å². The summed E-state index contributed by atoms with van der Waals surface area (Å²) in [7, 11) is -3.48. The van der Waals surface area contributed by atoms with Gasteiger partial charge in [0.1, 0.15) is 4.60 Å². The van der Waals surface area contributed by atoms with E-state index in [2.05, 4.69) is 20.9 Å². The van der Waals surface area contributed by atoms with Crippen LogP contribution >= 0.6 is 15.9 Å². The minimum atomic E-state index is -3.48. The quantitative estimate of drug-likeness (QED) is 0.796. The summed E-state index contributed by atoms with van der Waals surface area (Å²) in [6.07, 6.45) is 1.47. The molecule has 0 atom stereocenters. The number of sulfone groups is 1. The first-order chi connectivity index (χ1) is 8.41. The van der Waals surface area contributed by atoms with Crippen molar-refractivity contribution < 1.29 is 8.42 Å². The van der Waals surface area contributed by atoms with Crippen molar-refractivity contribution >= 4 is 25.8 Å². The highest BCUT2D eigenvalue weighted by atomic mass is 79.9. The SMILES string of the molecule is Cc1ccc(S(=O)(=O)c2ccnc(Br)c2)c(C)c1. The lowest BCUT2D eigenvalue weighted by Crippen LogP contribution is -2.04. The first-order valence-corrected chi connectivity index (χ1v) is 7.63. The lowest BCUT2D eigenvalue weighted by molar-refractivity contribution is 0.595. The van der Waals surface area contributed by atoms with Crippen LogP contribution in [0.1, 0.15) is 11.1 Å². The maximum absolute atomic E-state index is 12.5. The van der Waals surface area contributed by atoms with Crippen LogP contribution < -0.4 is 0 Å². The molecule has 0 unspecified atom stereocenters. The maximum Gasteiger partial charge on any atom is 0.207 e. The van der Waals surface area contributed by atoms with Crippen LogP contribution in [0, 0.1) is 13.8 Å². The number of pyridine rings is 1. The van der Waals surface area contributed by atoms with Gasteiger partial charge in [-0.05, 0) is 53.5 Å². The molecule has 94 valence electrons. The standard InChI is InChI=1S/C13H12BrNO2S/c1-9-3-4-12(10(2)7-9)18(16,17)11-5-6-15-13(14)8-11/h3-8H,1-2H3. The Hall–Kier alpha value is -1.20. The van der Waals surface area contributed by atoms with E-state index in [-0.39, 0.29) is 4.90 Å². The van der Waals surface area contributed by atoms with Gasteiger partial charge in [-0.15, -0.1) is 0 Å². The summed E-state index contributed by atoms with van der Waals surface area (Å²) in [5.41, 5.74) is 1.80. The van der Waals surface area contributed by atoms with Gasteiger partial charge in [0.2, 0.25) is 9.84 Å². The largest absolute Gasteiger partial charge is 0.249 e. The number of aromatic nitrogens is 1. The van der Waals surface area contributed by atoms with Crippen molar-refractivity contribution in [3.8, 4) is 0 Å². The number of nitrogens with zero attached hydrogens (tertiary/aromatic N) is 1. The number of hydrogen-bond acceptors (Lipinski definition) is 3. The summed E-state index contributed by atoms with van der Waals surface area (Å²) >= 11 is 3.18. The van der Waals surface area contributed by atoms with Gasteiger partial charge in [-0.3, -0.25) is 0 Å². The van der Waals surface area contributed by atoms with E-state index in [9.17, 15) is 8.42 Å². The Morgan fingerprint density at radius 1 is 1.11 bits per heavy atom. The second-order valence-corrected chi connectivity index (χ2v) is 6.82. The first-order valence-electron chi connectivity index (χ1n) is 5.35. The number of hydrogen-bond donors (Lipinski definition) is 0. The van der Waals surface area contributed by atoms with Crippen LogP contribution in [0.4, 0.5) is 0 Å². The average Bonchev–Trinajstić information content (AvgIpc) is 2.28. The fourth-order valence-corrected chi connectivity index (χ4v) is 3.79. The van der Waals surface area contributed by atoms with Crippen LogP contribution in [0.5, 0.6) is 0 Å². The van der Waals surface area contributed by atoms with Crippen LogP contribution in [0.25, 0.3) is 0 Å². The van der Waals surface area contributed by atoms with Gasteiger partial charge in [0.15, 0.2) is 0 Å². The van der Waals surface area contributed by atoms with Gasteiger partial charge in [-0.2, -0.15) is 0 Å². The molecule has 0 amide bonds. The highest BCUT2D eigenvalue weighted by molar-refractivity contribution is 9.10. The van der Waals surface area contributed by atoms with Crippen molar-refractivity contribution in [3.05, 3.63) is 52.3 Å². The van der Waals surface area contributed by atoms with Crippen LogP contribution in [-0.4, -0.2) is 13.4 Å². The van der Waals surface area contributed by atoms with E-state index >= 15 is 0 Å². The van der Waals surface area contributed by atoms with Gasteiger partial charge in [-0.25, -0.2) is 13.4 Å². The monoisotopic (exact) mass is 325 g/mol. The normalized spacial score (nSPS) is 11.5. The topological polar surface area (TPSA) is 47.0 Å². The summed E-state index contributed by atoms with van der Waals surface area (Å²) in [6, 6.07) is 8.32. The summed E-state index contributed by atoms with van der Waals surface area (Å²) < 4.78 is 25.4. The smallest absolute Gasteiger partial charge is 0.207 e. The van der Waals surface area contributed by atoms with Gasteiger partial charge in [0.05, 0.1) is 9.79 Å². The Kier molecular flexibility index (Phi) is 3.54. The summed E-state index contributed by atoms with van der Waals surface area (Å²) in [5.74, 6) is 0. The van der Waals surface area contributed by atoms with E-state index in [0.29, 0.717) is 9.50 Å². The molecule has 18 heavy (non-hydrogen) atoms. The third kappa shape index (κ3) is 2.47. The molecule has 0 fully saturated rings. The Balaban J connectivity index is 2.62. The van der Waals surface area contributed by atoms with Gasteiger partial charge in [0, 0.05) is 6.20 Å². The second-order valence-electron chi connectivity index (χ2n) is 4.09. The molecule has 1 aromatic carbocycles. The molecule has 1 aromatic heterocycles. The molecule has 0 saturated heterocycles. The van der Waals surface area contributed by atoms with Gasteiger partial charge < -0.3 is 0 Å². The van der Waals surface area contributed by atoms with E-state index in [1.165, 1.54) is 18.3 Å². The Morgan fingerprint density at radius 3 is 2.44 bits per heavy atom. The molecule has 2 aromatic rings. The predicted octanol–water partition coefficient (Wildman–Crippen LogP) is 3.29. The first kappa shape index (κ1) is 13.2. The highest BCUT2D eigenvalue weighted by Gasteiger charge is 2.20. The maximum atomic E-state index is 12.5. The zero-order chi connectivity index (χ0) is 13.3. The molecule has 0 aliphatic rings. The molecule has 2 rings (SSSR count). The molecule has 0 aliphatic heterocycles. The zero-order valence-electron chi connectivity index (χ0n) is 10.0. The molecule has 5 heteroatoms. The van der Waals surface area contributed by atoms with Crippen molar-refractivity contribution in [3.63, 3.8) is 0 Å². The summed E-state index contributed by atoms with van der Waals surface area (Å²) in [5, 5.41) is 0. The Bertz CT molecular complexity index is 696. The zero-order valence-corrected chi connectivity index (χ0v) is 12.4. The molecule has 0 aliphatic carbocycles. The van der Waals surface area contributed by atoms with E-state index in [1.54, 1.807) is 19.1 Å². The molecule has 0 radical (unpaired) electrons. The molecule has 0 bridgehead atoms. The van der Waals surface area contributed by atoms with Crippen molar-refractivity contribution in [1.29, 1.82) is 0 Å². The van der Waals surface area contributed by atoms with Crippen molar-refractivity contribution in [2.45, 2.75) is 23.6 Å². The lowest BCUT2D eigenvalue weighted by Gasteiger charge is -2.08. The molecule has 1 heterocycles. The van der Waals surface area contributed by atoms with Gasteiger partial charge in [-0.1, -0.05) is 17.7 Å². The minimum absolute atomic E-state index is 0.247. The van der Waals surface area contributed by atoms with E-state index < -0.39 is 9.84 Å². The molecule has 0 saturated carbocycles. The summed E-state index contributed by atoms with van der Waals surface area (Å²) in [6.45, 7) is 3.74. The van der Waals surface area contributed by atoms with Gasteiger partial charge >= 0.3 is 0 Å². The number of benzene rings is 1. The van der Waals surface area contributed by atoms with Crippen molar-refractivity contribution in [1.82, 2.24) is 4.98 Å².